The molecule has 1 unspecified atom stereocenters. The maximum Gasteiger partial charge on any atom is 0.124 e. The Hall–Kier alpha value is -1.32. The summed E-state index contributed by atoms with van der Waals surface area (Å²) < 4.78 is 7.17. The quantitative estimate of drug-likeness (QED) is 0.828. The van der Waals surface area contributed by atoms with E-state index in [2.05, 4.69) is 66.3 Å². The van der Waals surface area contributed by atoms with Crippen molar-refractivity contribution in [1.82, 2.24) is 5.32 Å². The molecule has 0 fully saturated rings. The van der Waals surface area contributed by atoms with Crippen LogP contribution in [0.5, 0.6) is 5.75 Å². The molecule has 0 saturated carbocycles. The van der Waals surface area contributed by atoms with Gasteiger partial charge in [0.05, 0.1) is 0 Å². The minimum atomic E-state index is 0.246. The third kappa shape index (κ3) is 3.86. The van der Waals surface area contributed by atoms with E-state index >= 15 is 0 Å². The molecule has 0 aliphatic carbocycles. The van der Waals surface area contributed by atoms with Crippen LogP contribution in [-0.2, 0) is 6.61 Å². The van der Waals surface area contributed by atoms with Gasteiger partial charge in [0.2, 0.25) is 0 Å². The molecule has 0 aliphatic heterocycles. The highest BCUT2D eigenvalue weighted by molar-refractivity contribution is 9.10. The van der Waals surface area contributed by atoms with Crippen molar-refractivity contribution in [2.24, 2.45) is 0 Å². The minimum absolute atomic E-state index is 0.246. The van der Waals surface area contributed by atoms with Gasteiger partial charge in [0.25, 0.3) is 0 Å². The Kier molecular flexibility index (Phi) is 5.43. The highest BCUT2D eigenvalue weighted by atomic mass is 79.9. The first-order valence-corrected chi connectivity index (χ1v) is 7.97. The molecular formula is C18H22BrNO. The second-order valence-electron chi connectivity index (χ2n) is 5.35. The molecule has 21 heavy (non-hydrogen) atoms. The topological polar surface area (TPSA) is 21.3 Å². The van der Waals surface area contributed by atoms with Crippen LogP contribution in [0.3, 0.4) is 0 Å². The van der Waals surface area contributed by atoms with Gasteiger partial charge in [-0.1, -0.05) is 34.1 Å². The summed E-state index contributed by atoms with van der Waals surface area (Å²) >= 11 is 3.53. The van der Waals surface area contributed by atoms with Crippen LogP contribution >= 0.6 is 15.9 Å². The van der Waals surface area contributed by atoms with Gasteiger partial charge in [0.15, 0.2) is 0 Å². The zero-order valence-electron chi connectivity index (χ0n) is 13.0. The van der Waals surface area contributed by atoms with E-state index < -0.39 is 0 Å². The summed E-state index contributed by atoms with van der Waals surface area (Å²) in [6.45, 7) is 6.99. The fraction of sp³-hybridized carbons (Fsp3) is 0.333. The molecule has 2 aromatic carbocycles. The molecule has 112 valence electrons. The Morgan fingerprint density at radius 1 is 1.14 bits per heavy atom. The monoisotopic (exact) mass is 347 g/mol. The van der Waals surface area contributed by atoms with Crippen LogP contribution in [0.2, 0.25) is 0 Å². The third-order valence-electron chi connectivity index (χ3n) is 3.89. The van der Waals surface area contributed by atoms with Crippen LogP contribution in [-0.4, -0.2) is 7.05 Å². The fourth-order valence-electron chi connectivity index (χ4n) is 2.37. The van der Waals surface area contributed by atoms with Crippen LogP contribution in [0.15, 0.2) is 40.9 Å². The molecule has 3 heteroatoms. The average molecular weight is 348 g/mol. The van der Waals surface area contributed by atoms with Gasteiger partial charge in [-0.3, -0.25) is 0 Å². The van der Waals surface area contributed by atoms with Crippen molar-refractivity contribution in [3.8, 4) is 5.75 Å². The fourth-order valence-corrected chi connectivity index (χ4v) is 2.75. The van der Waals surface area contributed by atoms with Gasteiger partial charge in [-0.25, -0.2) is 0 Å². The lowest BCUT2D eigenvalue weighted by Crippen LogP contribution is -2.14. The maximum atomic E-state index is 6.10. The predicted molar refractivity (Wildman–Crippen MR) is 91.9 cm³/mol. The zero-order chi connectivity index (χ0) is 15.4. The van der Waals surface area contributed by atoms with Crippen LogP contribution in [0, 0.1) is 13.8 Å². The number of halogens is 1. The molecular weight excluding hydrogens is 326 g/mol. The Morgan fingerprint density at radius 3 is 2.43 bits per heavy atom. The SMILES string of the molecule is CNC(C)c1cc(Br)ccc1OCc1c(C)cccc1C. The van der Waals surface area contributed by atoms with Crippen LogP contribution in [0.1, 0.15) is 35.2 Å². The molecule has 1 N–H and O–H groups in total. The summed E-state index contributed by atoms with van der Waals surface area (Å²) in [5.74, 6) is 0.933. The molecule has 0 saturated heterocycles. The predicted octanol–water partition coefficient (Wildman–Crippen LogP) is 4.93. The summed E-state index contributed by atoms with van der Waals surface area (Å²) in [7, 11) is 1.96. The zero-order valence-corrected chi connectivity index (χ0v) is 14.6. The van der Waals surface area contributed by atoms with E-state index in [4.69, 9.17) is 4.74 Å². The largest absolute Gasteiger partial charge is 0.489 e. The number of nitrogens with one attached hydrogen (secondary N) is 1. The molecule has 0 spiro atoms. The van der Waals surface area contributed by atoms with Crippen LogP contribution in [0.4, 0.5) is 0 Å². The van der Waals surface area contributed by atoms with Crippen LogP contribution in [0.25, 0.3) is 0 Å². The lowest BCUT2D eigenvalue weighted by atomic mass is 10.0. The molecule has 0 radical (unpaired) electrons. The second kappa shape index (κ2) is 7.10. The number of hydrogen-bond acceptors (Lipinski definition) is 2. The maximum absolute atomic E-state index is 6.10. The van der Waals surface area contributed by atoms with E-state index in [0.29, 0.717) is 6.61 Å². The number of aryl methyl sites for hydroxylation is 2. The van der Waals surface area contributed by atoms with E-state index in [9.17, 15) is 0 Å². The molecule has 0 aromatic heterocycles. The van der Waals surface area contributed by atoms with Gasteiger partial charge in [-0.05, 0) is 62.7 Å². The summed E-state index contributed by atoms with van der Waals surface area (Å²) in [5, 5.41) is 3.27. The third-order valence-corrected chi connectivity index (χ3v) is 4.38. The van der Waals surface area contributed by atoms with Crippen molar-refractivity contribution in [1.29, 1.82) is 0 Å². The van der Waals surface area contributed by atoms with Crippen molar-refractivity contribution in [2.75, 3.05) is 7.05 Å². The average Bonchev–Trinajstić information content (AvgIpc) is 2.47. The lowest BCUT2D eigenvalue weighted by molar-refractivity contribution is 0.298. The number of hydrogen-bond donors (Lipinski definition) is 1. The van der Waals surface area contributed by atoms with Gasteiger partial charge >= 0.3 is 0 Å². The van der Waals surface area contributed by atoms with Crippen molar-refractivity contribution < 1.29 is 4.74 Å². The first-order chi connectivity index (χ1) is 10.0. The number of ether oxygens (including phenoxy) is 1. The molecule has 2 nitrogen and oxygen atoms in total. The Labute approximate surface area is 135 Å². The number of benzene rings is 2. The first-order valence-electron chi connectivity index (χ1n) is 7.17. The van der Waals surface area contributed by atoms with Crippen LogP contribution < -0.4 is 10.1 Å². The molecule has 0 heterocycles. The molecule has 2 aromatic rings. The molecule has 0 bridgehead atoms. The highest BCUT2D eigenvalue weighted by Gasteiger charge is 2.12. The van der Waals surface area contributed by atoms with E-state index in [-0.39, 0.29) is 6.04 Å². The van der Waals surface area contributed by atoms with E-state index in [0.717, 1.165) is 15.8 Å². The van der Waals surface area contributed by atoms with Gasteiger partial charge in [-0.2, -0.15) is 0 Å². The van der Waals surface area contributed by atoms with E-state index in [1.807, 2.05) is 19.2 Å². The second-order valence-corrected chi connectivity index (χ2v) is 6.27. The lowest BCUT2D eigenvalue weighted by Gasteiger charge is -2.18. The van der Waals surface area contributed by atoms with Crippen molar-refractivity contribution in [3.63, 3.8) is 0 Å². The Morgan fingerprint density at radius 2 is 1.81 bits per heavy atom. The molecule has 0 amide bonds. The van der Waals surface area contributed by atoms with Gasteiger partial charge < -0.3 is 10.1 Å². The normalized spacial score (nSPS) is 12.2. The van der Waals surface area contributed by atoms with Crippen molar-refractivity contribution >= 4 is 15.9 Å². The Balaban J connectivity index is 2.24. The van der Waals surface area contributed by atoms with E-state index in [1.54, 1.807) is 0 Å². The summed E-state index contributed by atoms with van der Waals surface area (Å²) in [6, 6.07) is 12.8. The molecule has 1 atom stereocenters. The summed E-state index contributed by atoms with van der Waals surface area (Å²) in [6.07, 6.45) is 0. The highest BCUT2D eigenvalue weighted by Crippen LogP contribution is 2.29. The van der Waals surface area contributed by atoms with Crippen molar-refractivity contribution in [2.45, 2.75) is 33.4 Å². The molecule has 2 rings (SSSR count). The van der Waals surface area contributed by atoms with Gasteiger partial charge in [-0.15, -0.1) is 0 Å². The standard InChI is InChI=1S/C18H22BrNO/c1-12-6-5-7-13(2)17(12)11-21-18-9-8-15(19)10-16(18)14(3)20-4/h5-10,14,20H,11H2,1-4H3. The smallest absolute Gasteiger partial charge is 0.124 e. The van der Waals surface area contributed by atoms with Crippen molar-refractivity contribution in [3.05, 3.63) is 63.1 Å². The number of rotatable bonds is 5. The minimum Gasteiger partial charge on any atom is -0.489 e. The summed E-state index contributed by atoms with van der Waals surface area (Å²) in [5.41, 5.74) is 4.98. The molecule has 0 aliphatic rings. The summed E-state index contributed by atoms with van der Waals surface area (Å²) in [4.78, 5) is 0. The first kappa shape index (κ1) is 16.1. The van der Waals surface area contributed by atoms with Gasteiger partial charge in [0, 0.05) is 16.1 Å². The van der Waals surface area contributed by atoms with Gasteiger partial charge in [0.1, 0.15) is 12.4 Å². The van der Waals surface area contributed by atoms with E-state index in [1.165, 1.54) is 16.7 Å². The Bertz CT molecular complexity index is 604.